The summed E-state index contributed by atoms with van der Waals surface area (Å²) in [6.07, 6.45) is 0. The van der Waals surface area contributed by atoms with Crippen LogP contribution in [0, 0.1) is 0 Å². The number of hydrogen-bond acceptors (Lipinski definition) is 4. The molecule has 1 aromatic carbocycles. The maximum atomic E-state index is 11.1. The summed E-state index contributed by atoms with van der Waals surface area (Å²) < 4.78 is 0. The molecule has 0 aromatic heterocycles. The van der Waals surface area contributed by atoms with Crippen molar-refractivity contribution in [2.45, 2.75) is 6.92 Å². The first-order valence-corrected chi connectivity index (χ1v) is 5.67. The smallest absolute Gasteiger partial charge is 0.250 e. The lowest BCUT2D eigenvalue weighted by atomic mass is 10.1. The van der Waals surface area contributed by atoms with E-state index in [4.69, 9.17) is 11.5 Å². The maximum Gasteiger partial charge on any atom is 0.250 e. The van der Waals surface area contributed by atoms with Gasteiger partial charge in [-0.15, -0.1) is 0 Å². The Bertz CT molecular complexity index is 392. The normalized spacial score (nSPS) is 10.5. The molecule has 0 heterocycles. The number of nitrogen functional groups attached to an aromatic ring is 1. The minimum Gasteiger partial charge on any atom is -0.396 e. The standard InChI is InChI=1S/C12H20N4O/c1-3-16(2)8-7-15-10-6-4-5-9(11(10)13)12(14)17/h4-6,15H,3,7-8,13H2,1-2H3,(H2,14,17). The molecule has 0 saturated carbocycles. The van der Waals surface area contributed by atoms with Crippen molar-refractivity contribution in [3.63, 3.8) is 0 Å². The van der Waals surface area contributed by atoms with Crippen molar-refractivity contribution < 1.29 is 4.79 Å². The highest BCUT2D eigenvalue weighted by atomic mass is 16.1. The van der Waals surface area contributed by atoms with Crippen molar-refractivity contribution in [3.8, 4) is 0 Å². The van der Waals surface area contributed by atoms with Crippen molar-refractivity contribution in [1.82, 2.24) is 4.90 Å². The Kier molecular flexibility index (Phi) is 4.78. The summed E-state index contributed by atoms with van der Waals surface area (Å²) in [5, 5.41) is 3.20. The molecule has 0 atom stereocenters. The zero-order valence-corrected chi connectivity index (χ0v) is 10.4. The van der Waals surface area contributed by atoms with Crippen LogP contribution in [0.4, 0.5) is 11.4 Å². The number of carbonyl (C=O) groups is 1. The zero-order chi connectivity index (χ0) is 12.8. The molecule has 94 valence electrons. The van der Waals surface area contributed by atoms with E-state index in [0.717, 1.165) is 25.3 Å². The molecule has 5 heteroatoms. The Hall–Kier alpha value is -1.75. The summed E-state index contributed by atoms with van der Waals surface area (Å²) in [5.41, 5.74) is 12.6. The van der Waals surface area contributed by atoms with E-state index >= 15 is 0 Å². The Morgan fingerprint density at radius 3 is 2.76 bits per heavy atom. The fourth-order valence-corrected chi connectivity index (χ4v) is 1.47. The van der Waals surface area contributed by atoms with Crippen LogP contribution in [-0.4, -0.2) is 37.5 Å². The van der Waals surface area contributed by atoms with E-state index in [1.54, 1.807) is 12.1 Å². The van der Waals surface area contributed by atoms with Crippen molar-refractivity contribution in [2.24, 2.45) is 5.73 Å². The SMILES string of the molecule is CCN(C)CCNc1cccc(C(N)=O)c1N. The van der Waals surface area contributed by atoms with E-state index in [-0.39, 0.29) is 0 Å². The zero-order valence-electron chi connectivity index (χ0n) is 10.4. The van der Waals surface area contributed by atoms with Gasteiger partial charge in [-0.2, -0.15) is 0 Å². The lowest BCUT2D eigenvalue weighted by Gasteiger charge is -2.16. The number of hydrogen-bond donors (Lipinski definition) is 3. The fourth-order valence-electron chi connectivity index (χ4n) is 1.47. The first-order valence-electron chi connectivity index (χ1n) is 5.67. The van der Waals surface area contributed by atoms with E-state index in [9.17, 15) is 4.79 Å². The van der Waals surface area contributed by atoms with Crippen LogP contribution in [0.5, 0.6) is 0 Å². The molecule has 0 aliphatic heterocycles. The van der Waals surface area contributed by atoms with Crippen LogP contribution >= 0.6 is 0 Å². The van der Waals surface area contributed by atoms with Crippen LogP contribution in [0.25, 0.3) is 0 Å². The average molecular weight is 236 g/mol. The average Bonchev–Trinajstić information content (AvgIpc) is 2.30. The number of rotatable bonds is 6. The predicted molar refractivity (Wildman–Crippen MR) is 71.0 cm³/mol. The van der Waals surface area contributed by atoms with Crippen LogP contribution in [-0.2, 0) is 0 Å². The molecule has 0 fully saturated rings. The summed E-state index contributed by atoms with van der Waals surface area (Å²) in [4.78, 5) is 13.3. The molecule has 0 unspecified atom stereocenters. The van der Waals surface area contributed by atoms with Gasteiger partial charge in [-0.1, -0.05) is 13.0 Å². The molecule has 0 saturated heterocycles. The van der Waals surface area contributed by atoms with Gasteiger partial charge in [0.25, 0.3) is 5.91 Å². The van der Waals surface area contributed by atoms with Gasteiger partial charge in [-0.3, -0.25) is 4.79 Å². The topological polar surface area (TPSA) is 84.4 Å². The van der Waals surface area contributed by atoms with Gasteiger partial charge in [0, 0.05) is 13.1 Å². The third-order valence-corrected chi connectivity index (χ3v) is 2.72. The maximum absolute atomic E-state index is 11.1. The second-order valence-electron chi connectivity index (χ2n) is 3.95. The first-order chi connectivity index (χ1) is 8.06. The largest absolute Gasteiger partial charge is 0.396 e. The van der Waals surface area contributed by atoms with Gasteiger partial charge in [0.15, 0.2) is 0 Å². The van der Waals surface area contributed by atoms with Crippen LogP contribution in [0.3, 0.4) is 0 Å². The third-order valence-electron chi connectivity index (χ3n) is 2.72. The number of likely N-dealkylation sites (N-methyl/N-ethyl adjacent to an activating group) is 1. The Balaban J connectivity index is 2.66. The number of nitrogens with one attached hydrogen (secondary N) is 1. The summed E-state index contributed by atoms with van der Waals surface area (Å²) in [5.74, 6) is -0.503. The number of anilines is 2. The van der Waals surface area contributed by atoms with Gasteiger partial charge >= 0.3 is 0 Å². The second-order valence-corrected chi connectivity index (χ2v) is 3.95. The monoisotopic (exact) mass is 236 g/mol. The number of nitrogens with two attached hydrogens (primary N) is 2. The van der Waals surface area contributed by atoms with Crippen LogP contribution in [0.2, 0.25) is 0 Å². The molecular weight excluding hydrogens is 216 g/mol. The number of nitrogens with zero attached hydrogens (tertiary/aromatic N) is 1. The van der Waals surface area contributed by atoms with Gasteiger partial charge in [0.1, 0.15) is 0 Å². The lowest BCUT2D eigenvalue weighted by Crippen LogP contribution is -2.25. The van der Waals surface area contributed by atoms with E-state index in [0.29, 0.717) is 11.3 Å². The van der Waals surface area contributed by atoms with Gasteiger partial charge in [-0.05, 0) is 25.7 Å². The van der Waals surface area contributed by atoms with E-state index < -0.39 is 5.91 Å². The minimum atomic E-state index is -0.503. The number of amides is 1. The first kappa shape index (κ1) is 13.3. The molecule has 1 amide bonds. The molecule has 17 heavy (non-hydrogen) atoms. The Labute approximate surface area is 102 Å². The number of benzene rings is 1. The summed E-state index contributed by atoms with van der Waals surface area (Å²) >= 11 is 0. The Morgan fingerprint density at radius 2 is 2.18 bits per heavy atom. The lowest BCUT2D eigenvalue weighted by molar-refractivity contribution is 0.100. The predicted octanol–water partition coefficient (Wildman–Crippen LogP) is 0.731. The van der Waals surface area contributed by atoms with Gasteiger partial charge in [0.2, 0.25) is 0 Å². The summed E-state index contributed by atoms with van der Waals surface area (Å²) in [6, 6.07) is 5.23. The molecule has 0 spiro atoms. The van der Waals surface area contributed by atoms with Crippen molar-refractivity contribution >= 4 is 17.3 Å². The summed E-state index contributed by atoms with van der Waals surface area (Å²) in [6.45, 7) is 4.79. The van der Waals surface area contributed by atoms with Crippen molar-refractivity contribution in [3.05, 3.63) is 23.8 Å². The number of carbonyl (C=O) groups excluding carboxylic acids is 1. The molecule has 1 rings (SSSR count). The number of primary amides is 1. The van der Waals surface area contributed by atoms with Crippen molar-refractivity contribution in [1.29, 1.82) is 0 Å². The third kappa shape index (κ3) is 3.64. The molecule has 5 nitrogen and oxygen atoms in total. The van der Waals surface area contributed by atoms with E-state index in [1.807, 2.05) is 13.1 Å². The quantitative estimate of drug-likeness (QED) is 0.636. The highest BCUT2D eigenvalue weighted by molar-refractivity contribution is 6.00. The molecular formula is C12H20N4O. The summed E-state index contributed by atoms with van der Waals surface area (Å²) in [7, 11) is 2.05. The molecule has 0 bridgehead atoms. The Morgan fingerprint density at radius 1 is 1.47 bits per heavy atom. The molecule has 0 radical (unpaired) electrons. The van der Waals surface area contributed by atoms with Gasteiger partial charge in [0.05, 0.1) is 16.9 Å². The van der Waals surface area contributed by atoms with E-state index in [2.05, 4.69) is 17.1 Å². The minimum absolute atomic E-state index is 0.360. The van der Waals surface area contributed by atoms with Crippen LogP contribution < -0.4 is 16.8 Å². The fraction of sp³-hybridized carbons (Fsp3) is 0.417. The van der Waals surface area contributed by atoms with E-state index in [1.165, 1.54) is 0 Å². The second kappa shape index (κ2) is 6.10. The molecule has 5 N–H and O–H groups in total. The van der Waals surface area contributed by atoms with Crippen LogP contribution in [0.15, 0.2) is 18.2 Å². The van der Waals surface area contributed by atoms with Gasteiger partial charge in [-0.25, -0.2) is 0 Å². The molecule has 1 aromatic rings. The highest BCUT2D eigenvalue weighted by Crippen LogP contribution is 2.21. The van der Waals surface area contributed by atoms with Crippen molar-refractivity contribution in [2.75, 3.05) is 37.7 Å². The highest BCUT2D eigenvalue weighted by Gasteiger charge is 2.08. The van der Waals surface area contributed by atoms with Gasteiger partial charge < -0.3 is 21.7 Å². The number of para-hydroxylation sites is 1. The molecule has 0 aliphatic carbocycles. The van der Waals surface area contributed by atoms with Crippen LogP contribution in [0.1, 0.15) is 17.3 Å². The molecule has 0 aliphatic rings.